The molecule has 0 saturated heterocycles. The smallest absolute Gasteiger partial charge is 0 e. The Morgan fingerprint density at radius 2 is 1.38 bits per heavy atom. The van der Waals surface area contributed by atoms with E-state index in [-0.39, 0.29) is 17.4 Å². The minimum Gasteiger partial charge on any atom is 0 e. The summed E-state index contributed by atoms with van der Waals surface area (Å²) in [7, 11) is 0. The molecule has 1 aromatic carbocycles. The molecule has 0 heterocycles. The Balaban J connectivity index is -0.0000000900. The zero-order valence-electron chi connectivity index (χ0n) is 7.81. The number of carbonyl (C=O) groups excluding carboxylic acids is 1. The quantitative estimate of drug-likeness (QED) is 0.439. The van der Waals surface area contributed by atoms with Gasteiger partial charge in [-0.1, -0.05) is 29.8 Å². The molecule has 1 aromatic rings. The maximum absolute atomic E-state index is 10.1. The Bertz CT molecular complexity index is 319. The zero-order chi connectivity index (χ0) is 12.7. The van der Waals surface area contributed by atoms with Crippen molar-refractivity contribution < 1.29 is 36.1 Å². The van der Waals surface area contributed by atoms with E-state index in [4.69, 9.17) is 25.6 Å². The molecule has 0 amide bonds. The molecular formula is C10H5ClCrO4. The summed E-state index contributed by atoms with van der Waals surface area (Å²) in [5.41, 5.74) is 0.541. The number of carbonyl (C=O) groups is 1. The number of benzene rings is 1. The summed E-state index contributed by atoms with van der Waals surface area (Å²) in [5.74, 6) is 0. The molecule has 1 rings (SSSR count). The molecule has 82 valence electrons. The van der Waals surface area contributed by atoms with E-state index in [0.29, 0.717) is 10.6 Å². The molecule has 0 unspecified atom stereocenters. The molecule has 0 aliphatic rings. The van der Waals surface area contributed by atoms with Crippen molar-refractivity contribution in [1.29, 1.82) is 0 Å². The zero-order valence-corrected chi connectivity index (χ0v) is 9.84. The second-order valence-corrected chi connectivity index (χ2v) is 2.05. The van der Waals surface area contributed by atoms with Crippen LogP contribution in [0.5, 0.6) is 0 Å². The van der Waals surface area contributed by atoms with E-state index in [1.807, 2.05) is 0 Å². The first kappa shape index (κ1) is 24.3. The first-order valence-corrected chi connectivity index (χ1v) is 3.53. The second kappa shape index (κ2) is 23.6. The van der Waals surface area contributed by atoms with Gasteiger partial charge < -0.3 is 0 Å². The minimum atomic E-state index is 0. The number of halogens is 1. The Morgan fingerprint density at radius 1 is 1.00 bits per heavy atom. The van der Waals surface area contributed by atoms with E-state index in [2.05, 4.69) is 20.0 Å². The van der Waals surface area contributed by atoms with Gasteiger partial charge in [0.15, 0.2) is 6.29 Å². The summed E-state index contributed by atoms with van der Waals surface area (Å²) < 4.78 is 22.5. The predicted octanol–water partition coefficient (Wildman–Crippen LogP) is 2.04. The van der Waals surface area contributed by atoms with Crippen LogP contribution in [0.4, 0.5) is 0 Å². The maximum atomic E-state index is 10.1. The number of rotatable bonds is 1. The van der Waals surface area contributed by atoms with E-state index in [1.165, 1.54) is 0 Å². The standard InChI is InChI=1S/C7H5ClO.3CO.Cr/c8-7-4-2-1-3-6(7)5-9;3*1-2;/h1-5H;;;;. The number of aldehydes is 1. The van der Waals surface area contributed by atoms with Gasteiger partial charge in [-0.15, -0.1) is 0 Å². The third-order valence-electron chi connectivity index (χ3n) is 1.03. The monoisotopic (exact) mass is 276 g/mol. The third kappa shape index (κ3) is 12.9. The van der Waals surface area contributed by atoms with Gasteiger partial charge in [-0.25, -0.2) is 0 Å². The van der Waals surface area contributed by atoms with E-state index in [1.54, 1.807) is 24.3 Å². The average Bonchev–Trinajstić information content (AvgIpc) is 2.37. The Labute approximate surface area is 109 Å². The van der Waals surface area contributed by atoms with Crippen molar-refractivity contribution in [3.05, 3.63) is 54.8 Å². The second-order valence-electron chi connectivity index (χ2n) is 1.64. The molecule has 0 N–H and O–H groups in total. The summed E-state index contributed by atoms with van der Waals surface area (Å²) in [4.78, 5) is 10.1. The van der Waals surface area contributed by atoms with E-state index < -0.39 is 0 Å². The third-order valence-corrected chi connectivity index (χ3v) is 1.38. The first-order valence-electron chi connectivity index (χ1n) is 3.15. The molecule has 0 bridgehead atoms. The van der Waals surface area contributed by atoms with Crippen LogP contribution in [0.25, 0.3) is 0 Å². The van der Waals surface area contributed by atoms with Gasteiger partial charge in [-0.2, -0.15) is 0 Å². The summed E-state index contributed by atoms with van der Waals surface area (Å²) in [6, 6.07) is 6.92. The topological polar surface area (TPSA) is 76.8 Å². The predicted molar refractivity (Wildman–Crippen MR) is 48.6 cm³/mol. The number of hydrogen-bond acceptors (Lipinski definition) is 1. The van der Waals surface area contributed by atoms with Crippen molar-refractivity contribution >= 4 is 17.9 Å². The van der Waals surface area contributed by atoms with Gasteiger partial charge in [0.2, 0.25) is 0 Å². The summed E-state index contributed by atoms with van der Waals surface area (Å²) >= 11 is 5.59. The Hall–Kier alpha value is -1.07. The van der Waals surface area contributed by atoms with Gasteiger partial charge >= 0.3 is 33.9 Å². The Kier molecular flexibility index (Phi) is 35.8. The Morgan fingerprint density at radius 3 is 1.62 bits per heavy atom. The van der Waals surface area contributed by atoms with Crippen LogP contribution in [0.2, 0.25) is 5.02 Å². The molecule has 6 heteroatoms. The maximum Gasteiger partial charge on any atom is 0 e. The fourth-order valence-electron chi connectivity index (χ4n) is 0.571. The molecule has 0 saturated carbocycles. The summed E-state index contributed by atoms with van der Waals surface area (Å²) in [6.07, 6.45) is 0.738. The van der Waals surface area contributed by atoms with Gasteiger partial charge in [0.25, 0.3) is 0 Å². The molecule has 0 aromatic heterocycles. The molecule has 0 aliphatic heterocycles. The van der Waals surface area contributed by atoms with Crippen molar-refractivity contribution in [3.63, 3.8) is 0 Å². The van der Waals surface area contributed by atoms with E-state index in [9.17, 15) is 4.79 Å². The van der Waals surface area contributed by atoms with Crippen molar-refractivity contribution in [2.75, 3.05) is 0 Å². The molecule has 4 nitrogen and oxygen atoms in total. The van der Waals surface area contributed by atoms with E-state index >= 15 is 0 Å². The van der Waals surface area contributed by atoms with Crippen LogP contribution in [0.3, 0.4) is 0 Å². The fourth-order valence-corrected chi connectivity index (χ4v) is 0.751. The molecule has 16 heavy (non-hydrogen) atoms. The minimum absolute atomic E-state index is 0. The van der Waals surface area contributed by atoms with Crippen LogP contribution in [0.1, 0.15) is 10.4 Å². The average molecular weight is 277 g/mol. The van der Waals surface area contributed by atoms with Gasteiger partial charge in [0, 0.05) is 22.9 Å². The molecule has 0 spiro atoms. The van der Waals surface area contributed by atoms with E-state index in [0.717, 1.165) is 6.29 Å². The van der Waals surface area contributed by atoms with Gasteiger partial charge in [0.1, 0.15) is 0 Å². The summed E-state index contributed by atoms with van der Waals surface area (Å²) in [5, 5.41) is 0.507. The summed E-state index contributed by atoms with van der Waals surface area (Å²) in [6.45, 7) is 13.5. The van der Waals surface area contributed by atoms with Crippen molar-refractivity contribution in [2.24, 2.45) is 0 Å². The van der Waals surface area contributed by atoms with Crippen LogP contribution in [-0.4, -0.2) is 6.29 Å². The van der Waals surface area contributed by atoms with Gasteiger partial charge in [-0.3, -0.25) is 4.79 Å². The van der Waals surface area contributed by atoms with Crippen molar-refractivity contribution in [2.45, 2.75) is 0 Å². The fraction of sp³-hybridized carbons (Fsp3) is 0. The largest absolute Gasteiger partial charge is 0 e. The van der Waals surface area contributed by atoms with Crippen molar-refractivity contribution in [1.82, 2.24) is 0 Å². The molecule has 0 aliphatic carbocycles. The van der Waals surface area contributed by atoms with Gasteiger partial charge in [-0.05, 0) is 6.07 Å². The molecule has 0 fully saturated rings. The van der Waals surface area contributed by atoms with Crippen LogP contribution >= 0.6 is 11.6 Å². The first-order chi connectivity index (χ1) is 7.34. The van der Waals surface area contributed by atoms with Crippen molar-refractivity contribution in [3.8, 4) is 0 Å². The molecular weight excluding hydrogens is 272 g/mol. The molecule has 0 atom stereocenters. The van der Waals surface area contributed by atoms with Crippen LogP contribution in [0, 0.1) is 20.0 Å². The normalized spacial score (nSPS) is 5.44. The van der Waals surface area contributed by atoms with Crippen LogP contribution in [-0.2, 0) is 31.3 Å². The SMILES string of the molecule is O=Cc1ccccc1Cl.[C-]#[O+].[C-]#[O+].[C-]#[O+].[Cr]. The van der Waals surface area contributed by atoms with Crippen LogP contribution in [0.15, 0.2) is 24.3 Å². The number of hydrogen-bond donors (Lipinski definition) is 0. The molecule has 0 radical (unpaired) electrons. The van der Waals surface area contributed by atoms with Gasteiger partial charge in [0.05, 0.1) is 5.02 Å². The van der Waals surface area contributed by atoms with Crippen LogP contribution < -0.4 is 0 Å².